The van der Waals surface area contributed by atoms with Crippen LogP contribution in [0.25, 0.3) is 11.1 Å². The Morgan fingerprint density at radius 3 is 2.24 bits per heavy atom. The molecular formula is C17H16O4. The van der Waals surface area contributed by atoms with E-state index >= 15 is 0 Å². The number of carbonyl (C=O) groups excluding carboxylic acids is 2. The Labute approximate surface area is 123 Å². The highest BCUT2D eigenvalue weighted by atomic mass is 16.5. The molecule has 0 aliphatic rings. The lowest BCUT2D eigenvalue weighted by atomic mass is 9.94. The van der Waals surface area contributed by atoms with Crippen LogP contribution in [0.4, 0.5) is 0 Å². The molecule has 0 heterocycles. The Balaban J connectivity index is 2.61. The van der Waals surface area contributed by atoms with Crippen LogP contribution < -0.4 is 0 Å². The smallest absolute Gasteiger partial charge is 0.338 e. The van der Waals surface area contributed by atoms with E-state index < -0.39 is 11.9 Å². The van der Waals surface area contributed by atoms with Crippen molar-refractivity contribution in [3.63, 3.8) is 0 Å². The standard InChI is InChI=1S/C17H16O4/c1-11-6-4-9-14(17(19)21-3)15(11)12-7-5-8-13(10-12)16(18)20-2/h4-10H,1-3H3. The van der Waals surface area contributed by atoms with Crippen molar-refractivity contribution in [2.75, 3.05) is 14.2 Å². The molecule has 0 aliphatic carbocycles. The van der Waals surface area contributed by atoms with E-state index in [2.05, 4.69) is 0 Å². The topological polar surface area (TPSA) is 52.6 Å². The van der Waals surface area contributed by atoms with E-state index in [0.29, 0.717) is 11.1 Å². The van der Waals surface area contributed by atoms with Crippen LogP contribution in [0.2, 0.25) is 0 Å². The Kier molecular flexibility index (Phi) is 4.38. The van der Waals surface area contributed by atoms with Gasteiger partial charge in [0.1, 0.15) is 0 Å². The second-order valence-corrected chi connectivity index (χ2v) is 4.56. The van der Waals surface area contributed by atoms with Gasteiger partial charge in [0.15, 0.2) is 0 Å². The van der Waals surface area contributed by atoms with Gasteiger partial charge in [-0.25, -0.2) is 9.59 Å². The maximum Gasteiger partial charge on any atom is 0.338 e. The quantitative estimate of drug-likeness (QED) is 0.812. The first-order valence-corrected chi connectivity index (χ1v) is 6.45. The third-order valence-corrected chi connectivity index (χ3v) is 3.25. The fourth-order valence-electron chi connectivity index (χ4n) is 2.25. The van der Waals surface area contributed by atoms with Crippen molar-refractivity contribution in [1.82, 2.24) is 0 Å². The highest BCUT2D eigenvalue weighted by molar-refractivity contribution is 5.99. The van der Waals surface area contributed by atoms with E-state index in [1.807, 2.05) is 19.1 Å². The van der Waals surface area contributed by atoms with Crippen molar-refractivity contribution in [3.05, 3.63) is 59.2 Å². The van der Waals surface area contributed by atoms with Crippen molar-refractivity contribution in [3.8, 4) is 11.1 Å². The first-order chi connectivity index (χ1) is 10.1. The van der Waals surface area contributed by atoms with Crippen LogP contribution in [0.5, 0.6) is 0 Å². The van der Waals surface area contributed by atoms with E-state index in [9.17, 15) is 9.59 Å². The molecule has 0 N–H and O–H groups in total. The molecule has 0 bridgehead atoms. The lowest BCUT2D eigenvalue weighted by molar-refractivity contribution is 0.0593. The molecule has 0 aromatic heterocycles. The van der Waals surface area contributed by atoms with E-state index in [1.54, 1.807) is 30.3 Å². The van der Waals surface area contributed by atoms with Crippen LogP contribution >= 0.6 is 0 Å². The average molecular weight is 284 g/mol. The van der Waals surface area contributed by atoms with Gasteiger partial charge < -0.3 is 9.47 Å². The fraction of sp³-hybridized carbons (Fsp3) is 0.176. The van der Waals surface area contributed by atoms with Crippen LogP contribution in [0.3, 0.4) is 0 Å². The van der Waals surface area contributed by atoms with E-state index in [-0.39, 0.29) is 0 Å². The summed E-state index contributed by atoms with van der Waals surface area (Å²) in [6.07, 6.45) is 0. The first kappa shape index (κ1) is 14.8. The highest BCUT2D eigenvalue weighted by Crippen LogP contribution is 2.29. The van der Waals surface area contributed by atoms with Gasteiger partial charge in [-0.05, 0) is 41.8 Å². The average Bonchev–Trinajstić information content (AvgIpc) is 2.53. The summed E-state index contributed by atoms with van der Waals surface area (Å²) in [5, 5.41) is 0. The molecule has 2 aromatic rings. The van der Waals surface area contributed by atoms with Crippen molar-refractivity contribution in [2.24, 2.45) is 0 Å². The lowest BCUT2D eigenvalue weighted by Gasteiger charge is -2.12. The predicted octanol–water partition coefficient (Wildman–Crippen LogP) is 3.24. The third kappa shape index (κ3) is 2.94. The molecule has 0 saturated heterocycles. The van der Waals surface area contributed by atoms with Crippen LogP contribution in [0, 0.1) is 6.92 Å². The number of benzene rings is 2. The maximum absolute atomic E-state index is 11.9. The molecule has 0 saturated carbocycles. The molecule has 0 unspecified atom stereocenters. The number of hydrogen-bond acceptors (Lipinski definition) is 4. The molecule has 0 spiro atoms. The van der Waals surface area contributed by atoms with Crippen molar-refractivity contribution < 1.29 is 19.1 Å². The molecule has 0 aliphatic heterocycles. The third-order valence-electron chi connectivity index (χ3n) is 3.25. The Bertz CT molecular complexity index is 689. The molecule has 2 rings (SSSR count). The van der Waals surface area contributed by atoms with E-state index in [0.717, 1.165) is 16.7 Å². The van der Waals surface area contributed by atoms with E-state index in [4.69, 9.17) is 9.47 Å². The summed E-state index contributed by atoms with van der Waals surface area (Å²) < 4.78 is 9.55. The summed E-state index contributed by atoms with van der Waals surface area (Å²) >= 11 is 0. The van der Waals surface area contributed by atoms with Crippen LogP contribution in [-0.4, -0.2) is 26.2 Å². The number of esters is 2. The minimum atomic E-state index is -0.412. The fourth-order valence-corrected chi connectivity index (χ4v) is 2.25. The minimum Gasteiger partial charge on any atom is -0.465 e. The molecule has 108 valence electrons. The highest BCUT2D eigenvalue weighted by Gasteiger charge is 2.16. The van der Waals surface area contributed by atoms with Crippen molar-refractivity contribution in [1.29, 1.82) is 0 Å². The number of methoxy groups -OCH3 is 2. The first-order valence-electron chi connectivity index (χ1n) is 6.45. The molecule has 4 nitrogen and oxygen atoms in total. The van der Waals surface area contributed by atoms with Crippen molar-refractivity contribution in [2.45, 2.75) is 6.92 Å². The second kappa shape index (κ2) is 6.22. The maximum atomic E-state index is 11.9. The summed E-state index contributed by atoms with van der Waals surface area (Å²) in [5.74, 6) is -0.817. The summed E-state index contributed by atoms with van der Waals surface area (Å²) in [6, 6.07) is 12.4. The number of carbonyl (C=O) groups is 2. The Morgan fingerprint density at radius 2 is 1.57 bits per heavy atom. The minimum absolute atomic E-state index is 0.405. The molecule has 2 aromatic carbocycles. The number of ether oxygens (including phenoxy) is 2. The van der Waals surface area contributed by atoms with Gasteiger partial charge in [0.25, 0.3) is 0 Å². The van der Waals surface area contributed by atoms with Gasteiger partial charge in [0.2, 0.25) is 0 Å². The lowest BCUT2D eigenvalue weighted by Crippen LogP contribution is -2.06. The number of rotatable bonds is 3. The van der Waals surface area contributed by atoms with Crippen LogP contribution in [0.1, 0.15) is 26.3 Å². The Morgan fingerprint density at radius 1 is 0.905 bits per heavy atom. The summed E-state index contributed by atoms with van der Waals surface area (Å²) in [5.41, 5.74) is 3.38. The van der Waals surface area contributed by atoms with Gasteiger partial charge in [0, 0.05) is 0 Å². The molecule has 0 fully saturated rings. The normalized spacial score (nSPS) is 10.0. The molecule has 0 atom stereocenters. The van der Waals surface area contributed by atoms with Gasteiger partial charge in [0.05, 0.1) is 25.3 Å². The number of aryl methyl sites for hydroxylation is 1. The van der Waals surface area contributed by atoms with Gasteiger partial charge >= 0.3 is 11.9 Å². The summed E-state index contributed by atoms with van der Waals surface area (Å²) in [4.78, 5) is 23.6. The van der Waals surface area contributed by atoms with Crippen LogP contribution in [0.15, 0.2) is 42.5 Å². The van der Waals surface area contributed by atoms with Gasteiger partial charge in [-0.15, -0.1) is 0 Å². The molecule has 21 heavy (non-hydrogen) atoms. The predicted molar refractivity (Wildman–Crippen MR) is 79.3 cm³/mol. The zero-order valence-corrected chi connectivity index (χ0v) is 12.2. The zero-order chi connectivity index (χ0) is 15.4. The SMILES string of the molecule is COC(=O)c1cccc(-c2c(C)cccc2C(=O)OC)c1. The zero-order valence-electron chi connectivity index (χ0n) is 12.2. The summed E-state index contributed by atoms with van der Waals surface area (Å²) in [7, 11) is 2.68. The summed E-state index contributed by atoms with van der Waals surface area (Å²) in [6.45, 7) is 1.91. The molecule has 4 heteroatoms. The van der Waals surface area contributed by atoms with Gasteiger partial charge in [-0.1, -0.05) is 24.3 Å². The molecular weight excluding hydrogens is 268 g/mol. The largest absolute Gasteiger partial charge is 0.465 e. The van der Waals surface area contributed by atoms with Crippen molar-refractivity contribution >= 4 is 11.9 Å². The Hall–Kier alpha value is -2.62. The van der Waals surface area contributed by atoms with Gasteiger partial charge in [-0.3, -0.25) is 0 Å². The van der Waals surface area contributed by atoms with Crippen LogP contribution in [-0.2, 0) is 9.47 Å². The second-order valence-electron chi connectivity index (χ2n) is 4.56. The molecule has 0 amide bonds. The van der Waals surface area contributed by atoms with E-state index in [1.165, 1.54) is 14.2 Å². The monoisotopic (exact) mass is 284 g/mol. The van der Waals surface area contributed by atoms with Gasteiger partial charge in [-0.2, -0.15) is 0 Å². The number of hydrogen-bond donors (Lipinski definition) is 0. The molecule has 0 radical (unpaired) electrons.